The van der Waals surface area contributed by atoms with Gasteiger partial charge in [-0.05, 0) is 32.4 Å². The van der Waals surface area contributed by atoms with E-state index in [9.17, 15) is 4.79 Å². The van der Waals surface area contributed by atoms with Gasteiger partial charge in [-0.15, -0.1) is 0 Å². The number of hydrogen-bond donors (Lipinski definition) is 0. The van der Waals surface area contributed by atoms with E-state index in [0.29, 0.717) is 5.56 Å². The van der Waals surface area contributed by atoms with Crippen molar-refractivity contribution in [2.75, 3.05) is 0 Å². The Hall–Kier alpha value is -1.35. The van der Waals surface area contributed by atoms with Crippen LogP contribution in [0.5, 0.6) is 0 Å². The zero-order chi connectivity index (χ0) is 14.1. The molecule has 1 aromatic carbocycles. The van der Waals surface area contributed by atoms with Gasteiger partial charge in [0.1, 0.15) is 6.10 Å². The summed E-state index contributed by atoms with van der Waals surface area (Å²) < 4.78 is 0. The van der Waals surface area contributed by atoms with E-state index in [-0.39, 0.29) is 6.10 Å². The second-order valence-electron chi connectivity index (χ2n) is 5.00. The van der Waals surface area contributed by atoms with E-state index in [2.05, 4.69) is 6.92 Å². The molecular formula is C16H24O3. The molecule has 0 spiro atoms. The number of hydrogen-bond acceptors (Lipinski definition) is 3. The molecule has 0 saturated carbocycles. The van der Waals surface area contributed by atoms with Crippen molar-refractivity contribution in [3.05, 3.63) is 35.4 Å². The number of rotatable bonds is 8. The molecule has 0 heterocycles. The maximum Gasteiger partial charge on any atom is 0.373 e. The first-order chi connectivity index (χ1) is 9.13. The lowest BCUT2D eigenvalue weighted by Crippen LogP contribution is -2.13. The summed E-state index contributed by atoms with van der Waals surface area (Å²) in [5, 5.41) is 0. The van der Waals surface area contributed by atoms with Crippen LogP contribution in [0, 0.1) is 6.92 Å². The van der Waals surface area contributed by atoms with Crippen molar-refractivity contribution in [1.82, 2.24) is 0 Å². The highest BCUT2D eigenvalue weighted by atomic mass is 17.2. The molecular weight excluding hydrogens is 240 g/mol. The summed E-state index contributed by atoms with van der Waals surface area (Å²) in [5.74, 6) is -0.427. The summed E-state index contributed by atoms with van der Waals surface area (Å²) in [6.07, 6.45) is 5.65. The van der Waals surface area contributed by atoms with Crippen LogP contribution in [0.4, 0.5) is 0 Å². The molecule has 106 valence electrons. The van der Waals surface area contributed by atoms with Crippen molar-refractivity contribution in [2.45, 2.75) is 59.0 Å². The summed E-state index contributed by atoms with van der Waals surface area (Å²) in [7, 11) is 0. The van der Waals surface area contributed by atoms with Gasteiger partial charge in [-0.2, -0.15) is 4.89 Å². The summed E-state index contributed by atoms with van der Waals surface area (Å²) in [4.78, 5) is 21.7. The molecule has 0 amide bonds. The van der Waals surface area contributed by atoms with Crippen molar-refractivity contribution < 1.29 is 14.6 Å². The molecule has 1 aromatic rings. The third kappa shape index (κ3) is 6.39. The molecule has 0 aromatic heterocycles. The zero-order valence-electron chi connectivity index (χ0n) is 12.1. The lowest BCUT2D eigenvalue weighted by atomic mass is 10.1. The Labute approximate surface area is 115 Å². The molecule has 0 bridgehead atoms. The van der Waals surface area contributed by atoms with Crippen molar-refractivity contribution in [1.29, 1.82) is 0 Å². The quantitative estimate of drug-likeness (QED) is 0.395. The van der Waals surface area contributed by atoms with Crippen LogP contribution in [0.2, 0.25) is 0 Å². The van der Waals surface area contributed by atoms with Crippen LogP contribution in [0.1, 0.15) is 61.9 Å². The van der Waals surface area contributed by atoms with Gasteiger partial charge in [0.2, 0.25) is 0 Å². The minimum Gasteiger partial charge on any atom is -0.293 e. The Morgan fingerprint density at radius 2 is 2.05 bits per heavy atom. The monoisotopic (exact) mass is 264 g/mol. The lowest BCUT2D eigenvalue weighted by Gasteiger charge is -2.11. The zero-order valence-corrected chi connectivity index (χ0v) is 12.1. The minimum atomic E-state index is -0.427. The molecule has 0 radical (unpaired) electrons. The van der Waals surface area contributed by atoms with E-state index in [1.54, 1.807) is 12.1 Å². The van der Waals surface area contributed by atoms with Crippen molar-refractivity contribution in [3.63, 3.8) is 0 Å². The van der Waals surface area contributed by atoms with E-state index >= 15 is 0 Å². The van der Waals surface area contributed by atoms with E-state index in [0.717, 1.165) is 18.4 Å². The van der Waals surface area contributed by atoms with Gasteiger partial charge in [0.05, 0.1) is 5.56 Å². The molecule has 0 N–H and O–H groups in total. The molecule has 0 saturated heterocycles. The van der Waals surface area contributed by atoms with Gasteiger partial charge in [0.15, 0.2) is 0 Å². The highest BCUT2D eigenvalue weighted by Crippen LogP contribution is 2.10. The average Bonchev–Trinajstić information content (AvgIpc) is 2.41. The Balaban J connectivity index is 2.26. The Kier molecular flexibility index (Phi) is 7.19. The fourth-order valence-corrected chi connectivity index (χ4v) is 1.85. The lowest BCUT2D eigenvalue weighted by molar-refractivity contribution is -0.271. The molecule has 1 unspecified atom stereocenters. The molecule has 3 nitrogen and oxygen atoms in total. The minimum absolute atomic E-state index is 0.0504. The average molecular weight is 264 g/mol. The van der Waals surface area contributed by atoms with Crippen LogP contribution in [0.25, 0.3) is 0 Å². The highest BCUT2D eigenvalue weighted by Gasteiger charge is 2.11. The van der Waals surface area contributed by atoms with Crippen LogP contribution in [-0.4, -0.2) is 12.1 Å². The van der Waals surface area contributed by atoms with E-state index < -0.39 is 5.97 Å². The predicted octanol–water partition coefficient (Wildman–Crippen LogP) is 4.44. The van der Waals surface area contributed by atoms with Crippen molar-refractivity contribution >= 4 is 5.97 Å². The third-order valence-corrected chi connectivity index (χ3v) is 3.01. The molecule has 0 aliphatic heterocycles. The molecule has 1 rings (SSSR count). The standard InChI is InChI=1S/C16H24O3/c1-4-5-6-7-10-14(3)18-19-16(17)15-11-8-9-13(2)12-15/h8-9,11-12,14H,4-7,10H2,1-3H3. The SMILES string of the molecule is CCCCCCC(C)OOC(=O)c1cccc(C)c1. The van der Waals surface area contributed by atoms with Crippen LogP contribution >= 0.6 is 0 Å². The van der Waals surface area contributed by atoms with Gasteiger partial charge in [-0.3, -0.25) is 4.89 Å². The first-order valence-electron chi connectivity index (χ1n) is 7.07. The van der Waals surface area contributed by atoms with E-state index in [1.807, 2.05) is 26.0 Å². The molecule has 1 atom stereocenters. The first kappa shape index (κ1) is 15.7. The summed E-state index contributed by atoms with van der Waals surface area (Å²) >= 11 is 0. The largest absolute Gasteiger partial charge is 0.373 e. The maximum atomic E-state index is 11.7. The number of carbonyl (C=O) groups is 1. The van der Waals surface area contributed by atoms with E-state index in [1.165, 1.54) is 19.3 Å². The van der Waals surface area contributed by atoms with Gasteiger partial charge in [0.25, 0.3) is 0 Å². The number of aryl methyl sites for hydroxylation is 1. The number of carbonyl (C=O) groups excluding carboxylic acids is 1. The second-order valence-corrected chi connectivity index (χ2v) is 5.00. The fraction of sp³-hybridized carbons (Fsp3) is 0.562. The predicted molar refractivity (Wildman–Crippen MR) is 75.9 cm³/mol. The summed E-state index contributed by atoms with van der Waals surface area (Å²) in [5.41, 5.74) is 1.56. The second kappa shape index (κ2) is 8.70. The van der Waals surface area contributed by atoms with Gasteiger partial charge >= 0.3 is 5.97 Å². The van der Waals surface area contributed by atoms with Gasteiger partial charge in [0, 0.05) is 0 Å². The van der Waals surface area contributed by atoms with Crippen LogP contribution < -0.4 is 0 Å². The van der Waals surface area contributed by atoms with Gasteiger partial charge in [-0.25, -0.2) is 4.79 Å². The summed E-state index contributed by atoms with van der Waals surface area (Å²) in [6.45, 7) is 6.05. The van der Waals surface area contributed by atoms with E-state index in [4.69, 9.17) is 9.78 Å². The van der Waals surface area contributed by atoms with Crippen LogP contribution in [0.15, 0.2) is 24.3 Å². The summed E-state index contributed by atoms with van der Waals surface area (Å²) in [6, 6.07) is 7.29. The number of benzene rings is 1. The molecule has 3 heteroatoms. The topological polar surface area (TPSA) is 35.5 Å². The highest BCUT2D eigenvalue weighted by molar-refractivity contribution is 5.89. The van der Waals surface area contributed by atoms with Gasteiger partial charge < -0.3 is 0 Å². The van der Waals surface area contributed by atoms with Crippen molar-refractivity contribution in [2.24, 2.45) is 0 Å². The van der Waals surface area contributed by atoms with Gasteiger partial charge in [-0.1, -0.05) is 50.3 Å². The fourth-order valence-electron chi connectivity index (χ4n) is 1.85. The molecule has 0 aliphatic carbocycles. The molecule has 0 fully saturated rings. The Morgan fingerprint density at radius 1 is 1.26 bits per heavy atom. The van der Waals surface area contributed by atoms with Crippen LogP contribution in [-0.2, 0) is 9.78 Å². The number of unbranched alkanes of at least 4 members (excludes halogenated alkanes) is 3. The third-order valence-electron chi connectivity index (χ3n) is 3.01. The molecule has 0 aliphatic rings. The first-order valence-corrected chi connectivity index (χ1v) is 7.07. The normalized spacial score (nSPS) is 12.2. The Bertz CT molecular complexity index is 387. The Morgan fingerprint density at radius 3 is 2.74 bits per heavy atom. The van der Waals surface area contributed by atoms with Crippen LogP contribution in [0.3, 0.4) is 0 Å². The molecule has 19 heavy (non-hydrogen) atoms. The van der Waals surface area contributed by atoms with Crippen molar-refractivity contribution in [3.8, 4) is 0 Å². The smallest absolute Gasteiger partial charge is 0.293 e. The maximum absolute atomic E-state index is 11.7.